The number of phenolic OH excluding ortho intramolecular Hbond substituents is 1. The zero-order valence-electron chi connectivity index (χ0n) is 18.3. The fraction of sp³-hybridized carbons (Fsp3) is 0.318. The summed E-state index contributed by atoms with van der Waals surface area (Å²) in [4.78, 5) is 37.6. The minimum Gasteiger partial charge on any atom is -0.505 e. The SMILES string of the molecule is CC[C@@H](Nc1c(Nc2ccc(C(F)(F)F)c(C(=O)N(C)C)c2O)c(=O)c1=O)c1ccc(C)o1. The molecule has 2 aromatic carbocycles. The van der Waals surface area contributed by atoms with Gasteiger partial charge in [0.2, 0.25) is 0 Å². The number of carbonyl (C=O) groups excluding carboxylic acids is 1. The van der Waals surface area contributed by atoms with E-state index in [0.29, 0.717) is 24.0 Å². The molecule has 11 heteroatoms. The van der Waals surface area contributed by atoms with Crippen molar-refractivity contribution in [2.24, 2.45) is 0 Å². The van der Waals surface area contributed by atoms with E-state index in [1.54, 1.807) is 19.1 Å². The second-order valence-corrected chi connectivity index (χ2v) is 7.67. The molecule has 176 valence electrons. The summed E-state index contributed by atoms with van der Waals surface area (Å²) < 4.78 is 45.8. The van der Waals surface area contributed by atoms with Crippen LogP contribution in [0.25, 0.3) is 0 Å². The molecule has 3 rings (SSSR count). The van der Waals surface area contributed by atoms with E-state index in [0.717, 1.165) is 11.0 Å². The monoisotopic (exact) mass is 465 g/mol. The second kappa shape index (κ2) is 8.64. The van der Waals surface area contributed by atoms with Crippen LogP contribution in [0.5, 0.6) is 5.75 Å². The Hall–Kier alpha value is -3.76. The average molecular weight is 465 g/mol. The lowest BCUT2D eigenvalue weighted by molar-refractivity contribution is -0.138. The van der Waals surface area contributed by atoms with Crippen molar-refractivity contribution in [2.75, 3.05) is 24.7 Å². The van der Waals surface area contributed by atoms with E-state index in [4.69, 9.17) is 4.42 Å². The molecule has 1 aromatic heterocycles. The van der Waals surface area contributed by atoms with Gasteiger partial charge in [0.1, 0.15) is 22.9 Å². The van der Waals surface area contributed by atoms with E-state index in [-0.39, 0.29) is 17.1 Å². The van der Waals surface area contributed by atoms with Gasteiger partial charge in [-0.3, -0.25) is 14.4 Å². The summed E-state index contributed by atoms with van der Waals surface area (Å²) >= 11 is 0. The molecule has 8 nitrogen and oxygen atoms in total. The van der Waals surface area contributed by atoms with Crippen molar-refractivity contribution in [2.45, 2.75) is 32.5 Å². The maximum atomic E-state index is 13.4. The number of phenols is 1. The normalized spacial score (nSPS) is 12.6. The minimum absolute atomic E-state index is 0.0966. The van der Waals surface area contributed by atoms with Gasteiger partial charge in [-0.25, -0.2) is 0 Å². The first-order valence-corrected chi connectivity index (χ1v) is 9.94. The number of carbonyl (C=O) groups is 1. The number of halogens is 3. The fourth-order valence-corrected chi connectivity index (χ4v) is 3.34. The van der Waals surface area contributed by atoms with Gasteiger partial charge >= 0.3 is 6.18 Å². The lowest BCUT2D eigenvalue weighted by Gasteiger charge is -2.22. The Labute approximate surface area is 186 Å². The first kappa shape index (κ1) is 23.9. The fourth-order valence-electron chi connectivity index (χ4n) is 3.34. The highest BCUT2D eigenvalue weighted by molar-refractivity contribution is 6.00. The van der Waals surface area contributed by atoms with Crippen LogP contribution in [-0.4, -0.2) is 30.0 Å². The molecule has 1 amide bonds. The van der Waals surface area contributed by atoms with Crippen LogP contribution in [0.1, 0.15) is 46.8 Å². The average Bonchev–Trinajstić information content (AvgIpc) is 3.18. The number of alkyl halides is 3. The molecule has 33 heavy (non-hydrogen) atoms. The standard InChI is InChI=1S/C22H22F3N3O5/c1-5-12(14-9-6-10(2)33-14)26-16-17(20(31)19(16)30)27-13-8-7-11(22(23,24)25)15(18(13)29)21(32)28(3)4/h6-9,12,26-27,29H,5H2,1-4H3/t12-/m1/s1. The molecule has 1 atom stereocenters. The Kier molecular flexibility index (Phi) is 6.26. The third kappa shape index (κ3) is 4.43. The van der Waals surface area contributed by atoms with Gasteiger partial charge in [0.25, 0.3) is 16.8 Å². The number of hydrogen-bond donors (Lipinski definition) is 3. The van der Waals surface area contributed by atoms with Crippen LogP contribution in [-0.2, 0) is 6.18 Å². The van der Waals surface area contributed by atoms with Gasteiger partial charge in [0.15, 0.2) is 5.75 Å². The van der Waals surface area contributed by atoms with Crippen LogP contribution >= 0.6 is 0 Å². The Balaban J connectivity index is 2.00. The number of benzene rings is 1. The maximum absolute atomic E-state index is 13.4. The molecule has 0 bridgehead atoms. The van der Waals surface area contributed by atoms with E-state index >= 15 is 0 Å². The highest BCUT2D eigenvalue weighted by atomic mass is 19.4. The summed E-state index contributed by atoms with van der Waals surface area (Å²) in [6.45, 7) is 3.58. The third-order valence-corrected chi connectivity index (χ3v) is 5.10. The van der Waals surface area contributed by atoms with Crippen LogP contribution in [0.2, 0.25) is 0 Å². The van der Waals surface area contributed by atoms with E-state index < -0.39 is 45.9 Å². The zero-order valence-corrected chi connectivity index (χ0v) is 18.3. The van der Waals surface area contributed by atoms with E-state index in [1.165, 1.54) is 14.1 Å². The molecule has 0 aliphatic heterocycles. The molecular formula is C22H22F3N3O5. The first-order valence-electron chi connectivity index (χ1n) is 9.94. The Morgan fingerprint density at radius 1 is 1.12 bits per heavy atom. The first-order chi connectivity index (χ1) is 15.4. The summed E-state index contributed by atoms with van der Waals surface area (Å²) in [5.74, 6) is -0.881. The molecule has 0 spiro atoms. The van der Waals surface area contributed by atoms with Gasteiger partial charge < -0.3 is 25.1 Å². The lowest BCUT2D eigenvalue weighted by atomic mass is 10.0. The smallest absolute Gasteiger partial charge is 0.417 e. The highest BCUT2D eigenvalue weighted by Crippen LogP contribution is 2.41. The van der Waals surface area contributed by atoms with Gasteiger partial charge in [0, 0.05) is 14.1 Å². The van der Waals surface area contributed by atoms with E-state index in [2.05, 4.69) is 10.6 Å². The second-order valence-electron chi connectivity index (χ2n) is 7.67. The number of amides is 1. The molecule has 1 heterocycles. The van der Waals surface area contributed by atoms with Crippen molar-refractivity contribution in [3.05, 3.63) is 67.4 Å². The van der Waals surface area contributed by atoms with Crippen LogP contribution in [0.3, 0.4) is 0 Å². The third-order valence-electron chi connectivity index (χ3n) is 5.10. The summed E-state index contributed by atoms with van der Waals surface area (Å²) in [7, 11) is 2.48. The molecule has 0 aliphatic carbocycles. The van der Waals surface area contributed by atoms with Gasteiger partial charge in [0.05, 0.1) is 22.9 Å². The van der Waals surface area contributed by atoms with Crippen LogP contribution in [0, 0.1) is 6.92 Å². The van der Waals surface area contributed by atoms with Crippen molar-refractivity contribution < 1.29 is 27.5 Å². The van der Waals surface area contributed by atoms with Crippen LogP contribution in [0.15, 0.2) is 38.3 Å². The number of nitrogens with zero attached hydrogens (tertiary/aromatic N) is 1. The number of anilines is 3. The van der Waals surface area contributed by atoms with Crippen LogP contribution < -0.4 is 21.5 Å². The summed E-state index contributed by atoms with van der Waals surface area (Å²) in [6, 6.07) is 4.52. The van der Waals surface area contributed by atoms with Crippen molar-refractivity contribution >= 4 is 23.0 Å². The summed E-state index contributed by atoms with van der Waals surface area (Å²) in [5.41, 5.74) is -4.70. The number of aryl methyl sites for hydroxylation is 1. The molecule has 3 aromatic rings. The van der Waals surface area contributed by atoms with Gasteiger partial charge in [-0.2, -0.15) is 13.2 Å². The molecular weight excluding hydrogens is 443 g/mol. The van der Waals surface area contributed by atoms with E-state index in [9.17, 15) is 32.7 Å². The Morgan fingerprint density at radius 3 is 2.27 bits per heavy atom. The van der Waals surface area contributed by atoms with E-state index in [1.807, 2.05) is 6.92 Å². The van der Waals surface area contributed by atoms with Gasteiger partial charge in [-0.1, -0.05) is 6.92 Å². The maximum Gasteiger partial charge on any atom is 0.417 e. The molecule has 3 N–H and O–H groups in total. The number of nitrogens with one attached hydrogen (secondary N) is 2. The minimum atomic E-state index is -4.90. The molecule has 0 radical (unpaired) electrons. The highest BCUT2D eigenvalue weighted by Gasteiger charge is 2.38. The molecule has 0 fully saturated rings. The van der Waals surface area contributed by atoms with Gasteiger partial charge in [-0.15, -0.1) is 0 Å². The van der Waals surface area contributed by atoms with Crippen molar-refractivity contribution in [3.63, 3.8) is 0 Å². The molecule has 0 saturated carbocycles. The topological polar surface area (TPSA) is 112 Å². The predicted octanol–water partition coefficient (Wildman–Crippen LogP) is 3.92. The number of hydrogen-bond acceptors (Lipinski definition) is 7. The largest absolute Gasteiger partial charge is 0.505 e. The van der Waals surface area contributed by atoms with Crippen LogP contribution in [0.4, 0.5) is 30.2 Å². The summed E-state index contributed by atoms with van der Waals surface area (Å²) in [6.07, 6.45) is -4.40. The molecule has 0 unspecified atom stereocenters. The lowest BCUT2D eigenvalue weighted by Crippen LogP contribution is -2.37. The number of rotatable bonds is 7. The van der Waals surface area contributed by atoms with Crippen molar-refractivity contribution in [1.82, 2.24) is 4.90 Å². The molecule has 0 saturated heterocycles. The summed E-state index contributed by atoms with van der Waals surface area (Å²) in [5, 5.41) is 15.9. The number of furan rings is 1. The Bertz CT molecular complexity index is 1270. The van der Waals surface area contributed by atoms with Gasteiger partial charge in [-0.05, 0) is 37.6 Å². The van der Waals surface area contributed by atoms with Crippen molar-refractivity contribution in [3.8, 4) is 5.75 Å². The molecule has 0 aliphatic rings. The zero-order chi connectivity index (χ0) is 24.7. The Morgan fingerprint density at radius 2 is 1.76 bits per heavy atom. The number of aromatic hydroxyl groups is 1. The quantitative estimate of drug-likeness (QED) is 0.358. The van der Waals surface area contributed by atoms with Crippen molar-refractivity contribution in [1.29, 1.82) is 0 Å². The predicted molar refractivity (Wildman–Crippen MR) is 116 cm³/mol.